The number of nitrogens with one attached hydrogen (secondary N) is 1. The predicted octanol–water partition coefficient (Wildman–Crippen LogP) is 2.99. The molecule has 1 N–H and O–H groups in total. The Balaban J connectivity index is 1.72. The zero-order valence-electron chi connectivity index (χ0n) is 15.3. The van der Waals surface area contributed by atoms with Crippen LogP contribution in [0.25, 0.3) is 0 Å². The third-order valence-electron chi connectivity index (χ3n) is 4.38. The Bertz CT molecular complexity index is 921. The van der Waals surface area contributed by atoms with Crippen LogP contribution in [0.15, 0.2) is 47.4 Å². The van der Waals surface area contributed by atoms with Gasteiger partial charge in [-0.3, -0.25) is 4.79 Å². The Hall–Kier alpha value is -2.03. The number of methoxy groups -OCH3 is 1. The van der Waals surface area contributed by atoms with Gasteiger partial charge in [-0.05, 0) is 55.0 Å². The predicted molar refractivity (Wildman–Crippen MR) is 108 cm³/mol. The minimum Gasteiger partial charge on any atom is -0.496 e. The Kier molecular flexibility index (Phi) is 6.08. The number of hydrogen-bond donors (Lipinski definition) is 1. The SMILES string of the molecule is COc1ccc(C(=O)Nc2ccc(S(=O)(=O)N3CCSCC3)cc2)cc1C. The van der Waals surface area contributed by atoms with Gasteiger partial charge in [0, 0.05) is 35.8 Å². The molecule has 1 fully saturated rings. The number of amides is 1. The van der Waals surface area contributed by atoms with Crippen LogP contribution in [0.3, 0.4) is 0 Å². The summed E-state index contributed by atoms with van der Waals surface area (Å²) in [5, 5.41) is 2.79. The highest BCUT2D eigenvalue weighted by molar-refractivity contribution is 7.99. The highest BCUT2D eigenvalue weighted by Gasteiger charge is 2.26. The van der Waals surface area contributed by atoms with Crippen molar-refractivity contribution in [3.63, 3.8) is 0 Å². The zero-order chi connectivity index (χ0) is 19.4. The van der Waals surface area contributed by atoms with Crippen LogP contribution in [0.5, 0.6) is 5.75 Å². The Morgan fingerprint density at radius 2 is 1.78 bits per heavy atom. The zero-order valence-corrected chi connectivity index (χ0v) is 16.9. The summed E-state index contributed by atoms with van der Waals surface area (Å²) in [6, 6.07) is 11.5. The molecular formula is C19H22N2O4S2. The van der Waals surface area contributed by atoms with Crippen LogP contribution >= 0.6 is 11.8 Å². The Labute approximate surface area is 164 Å². The fourth-order valence-corrected chi connectivity index (χ4v) is 5.44. The summed E-state index contributed by atoms with van der Waals surface area (Å²) >= 11 is 1.76. The van der Waals surface area contributed by atoms with Gasteiger partial charge in [-0.15, -0.1) is 0 Å². The molecule has 0 bridgehead atoms. The number of anilines is 1. The standard InChI is InChI=1S/C19H22N2O4S2/c1-14-13-15(3-8-18(14)25-2)19(22)20-16-4-6-17(7-5-16)27(23,24)21-9-11-26-12-10-21/h3-8,13H,9-12H2,1-2H3,(H,20,22). The number of aryl methyl sites for hydroxylation is 1. The van der Waals surface area contributed by atoms with Crippen molar-refractivity contribution in [3.05, 3.63) is 53.6 Å². The average Bonchev–Trinajstić information content (AvgIpc) is 2.69. The topological polar surface area (TPSA) is 75.7 Å². The molecule has 1 amide bonds. The van der Waals surface area contributed by atoms with Gasteiger partial charge < -0.3 is 10.1 Å². The van der Waals surface area contributed by atoms with E-state index >= 15 is 0 Å². The lowest BCUT2D eigenvalue weighted by molar-refractivity contribution is 0.102. The quantitative estimate of drug-likeness (QED) is 0.826. The van der Waals surface area contributed by atoms with Crippen molar-refractivity contribution in [1.82, 2.24) is 4.31 Å². The van der Waals surface area contributed by atoms with E-state index in [2.05, 4.69) is 5.32 Å². The normalized spacial score (nSPS) is 15.3. The number of carbonyl (C=O) groups excluding carboxylic acids is 1. The summed E-state index contributed by atoms with van der Waals surface area (Å²) in [4.78, 5) is 12.7. The third-order valence-corrected chi connectivity index (χ3v) is 7.23. The van der Waals surface area contributed by atoms with Gasteiger partial charge in [0.05, 0.1) is 12.0 Å². The summed E-state index contributed by atoms with van der Waals surface area (Å²) < 4.78 is 32.0. The van der Waals surface area contributed by atoms with Gasteiger partial charge in [0.2, 0.25) is 10.0 Å². The summed E-state index contributed by atoms with van der Waals surface area (Å²) in [7, 11) is -1.90. The van der Waals surface area contributed by atoms with Crippen molar-refractivity contribution in [2.24, 2.45) is 0 Å². The van der Waals surface area contributed by atoms with E-state index in [1.165, 1.54) is 16.4 Å². The molecule has 1 aliphatic heterocycles. The lowest BCUT2D eigenvalue weighted by Crippen LogP contribution is -2.37. The van der Waals surface area contributed by atoms with Crippen molar-refractivity contribution in [2.75, 3.05) is 37.0 Å². The Morgan fingerprint density at radius 1 is 1.11 bits per heavy atom. The second-order valence-electron chi connectivity index (χ2n) is 6.18. The minimum absolute atomic E-state index is 0.243. The summed E-state index contributed by atoms with van der Waals surface area (Å²) in [5.74, 6) is 2.09. The molecule has 27 heavy (non-hydrogen) atoms. The molecule has 0 unspecified atom stereocenters. The molecule has 0 saturated carbocycles. The number of carbonyl (C=O) groups is 1. The molecule has 0 spiro atoms. The van der Waals surface area contributed by atoms with Gasteiger partial charge in [0.25, 0.3) is 5.91 Å². The van der Waals surface area contributed by atoms with Crippen molar-refractivity contribution in [2.45, 2.75) is 11.8 Å². The highest BCUT2D eigenvalue weighted by atomic mass is 32.2. The van der Waals surface area contributed by atoms with Gasteiger partial charge in [-0.2, -0.15) is 16.1 Å². The molecule has 8 heteroatoms. The first-order valence-corrected chi connectivity index (χ1v) is 11.2. The number of thioether (sulfide) groups is 1. The second kappa shape index (κ2) is 8.33. The fraction of sp³-hybridized carbons (Fsp3) is 0.316. The van der Waals surface area contributed by atoms with E-state index in [4.69, 9.17) is 4.74 Å². The van der Waals surface area contributed by atoms with Crippen LogP contribution in [0.1, 0.15) is 15.9 Å². The van der Waals surface area contributed by atoms with E-state index in [1.807, 2.05) is 6.92 Å². The van der Waals surface area contributed by atoms with Crippen LogP contribution in [-0.4, -0.2) is 50.3 Å². The van der Waals surface area contributed by atoms with E-state index in [9.17, 15) is 13.2 Å². The first kappa shape index (κ1) is 19.7. The minimum atomic E-state index is -3.48. The van der Waals surface area contributed by atoms with Crippen molar-refractivity contribution >= 4 is 33.4 Å². The van der Waals surface area contributed by atoms with Crippen molar-refractivity contribution in [1.29, 1.82) is 0 Å². The summed E-state index contributed by atoms with van der Waals surface area (Å²) in [6.45, 7) is 2.93. The molecule has 6 nitrogen and oxygen atoms in total. The summed E-state index contributed by atoms with van der Waals surface area (Å²) in [5.41, 5.74) is 1.92. The molecule has 2 aromatic rings. The van der Waals surface area contributed by atoms with E-state index in [0.717, 1.165) is 22.8 Å². The monoisotopic (exact) mass is 406 g/mol. The number of sulfonamides is 1. The van der Waals surface area contributed by atoms with Crippen LogP contribution in [-0.2, 0) is 10.0 Å². The number of rotatable bonds is 5. The highest BCUT2D eigenvalue weighted by Crippen LogP contribution is 2.23. The van der Waals surface area contributed by atoms with Gasteiger partial charge >= 0.3 is 0 Å². The Morgan fingerprint density at radius 3 is 2.37 bits per heavy atom. The molecule has 1 heterocycles. The summed E-state index contributed by atoms with van der Waals surface area (Å²) in [6.07, 6.45) is 0. The smallest absolute Gasteiger partial charge is 0.255 e. The second-order valence-corrected chi connectivity index (χ2v) is 9.34. The largest absolute Gasteiger partial charge is 0.496 e. The van der Waals surface area contributed by atoms with Crippen LogP contribution in [0.4, 0.5) is 5.69 Å². The first-order valence-electron chi connectivity index (χ1n) is 8.56. The molecule has 0 aromatic heterocycles. The molecule has 0 aliphatic carbocycles. The number of nitrogens with zero attached hydrogens (tertiary/aromatic N) is 1. The van der Waals surface area contributed by atoms with Gasteiger partial charge in [-0.25, -0.2) is 8.42 Å². The molecule has 144 valence electrons. The van der Waals surface area contributed by atoms with Crippen LogP contribution in [0, 0.1) is 6.92 Å². The van der Waals surface area contributed by atoms with E-state index in [-0.39, 0.29) is 10.8 Å². The van der Waals surface area contributed by atoms with Gasteiger partial charge in [0.15, 0.2) is 0 Å². The molecule has 0 radical (unpaired) electrons. The number of hydrogen-bond acceptors (Lipinski definition) is 5. The molecule has 3 rings (SSSR count). The van der Waals surface area contributed by atoms with Gasteiger partial charge in [0.1, 0.15) is 5.75 Å². The number of benzene rings is 2. The maximum atomic E-state index is 12.7. The van der Waals surface area contributed by atoms with Crippen molar-refractivity contribution in [3.8, 4) is 5.75 Å². The molecular weight excluding hydrogens is 384 g/mol. The molecule has 1 aliphatic rings. The lowest BCUT2D eigenvalue weighted by atomic mass is 10.1. The fourth-order valence-electron chi connectivity index (χ4n) is 2.87. The van der Waals surface area contributed by atoms with E-state index in [1.54, 1.807) is 49.2 Å². The maximum Gasteiger partial charge on any atom is 0.255 e. The van der Waals surface area contributed by atoms with Gasteiger partial charge in [-0.1, -0.05) is 0 Å². The van der Waals surface area contributed by atoms with Crippen LogP contribution < -0.4 is 10.1 Å². The molecule has 0 atom stereocenters. The van der Waals surface area contributed by atoms with Crippen molar-refractivity contribution < 1.29 is 17.9 Å². The maximum absolute atomic E-state index is 12.7. The van der Waals surface area contributed by atoms with E-state index in [0.29, 0.717) is 24.3 Å². The lowest BCUT2D eigenvalue weighted by Gasteiger charge is -2.25. The third kappa shape index (κ3) is 4.45. The average molecular weight is 407 g/mol. The molecule has 1 saturated heterocycles. The first-order chi connectivity index (χ1) is 12.9. The molecule has 2 aromatic carbocycles. The van der Waals surface area contributed by atoms with Crippen LogP contribution in [0.2, 0.25) is 0 Å². The number of ether oxygens (including phenoxy) is 1. The van der Waals surface area contributed by atoms with E-state index < -0.39 is 10.0 Å².